The van der Waals surface area contributed by atoms with Crippen LogP contribution in [-0.2, 0) is 6.54 Å². The highest BCUT2D eigenvalue weighted by molar-refractivity contribution is 5.73. The van der Waals surface area contributed by atoms with Crippen LogP contribution < -0.4 is 24.8 Å². The summed E-state index contributed by atoms with van der Waals surface area (Å²) in [6.45, 7) is 5.61. The lowest BCUT2D eigenvalue weighted by Gasteiger charge is -2.10. The molecule has 0 saturated carbocycles. The zero-order valence-corrected chi connectivity index (χ0v) is 14.4. The van der Waals surface area contributed by atoms with Gasteiger partial charge in [0.2, 0.25) is 6.79 Å². The molecular weight excluding hydrogens is 320 g/mol. The molecule has 1 aliphatic heterocycles. The van der Waals surface area contributed by atoms with Gasteiger partial charge in [-0.25, -0.2) is 4.79 Å². The number of amides is 2. The van der Waals surface area contributed by atoms with Crippen molar-refractivity contribution in [2.45, 2.75) is 20.4 Å². The molecule has 6 heteroatoms. The first kappa shape index (κ1) is 17.0. The maximum Gasteiger partial charge on any atom is 0.315 e. The Bertz CT molecular complexity index is 761. The lowest BCUT2D eigenvalue weighted by Crippen LogP contribution is -2.37. The quantitative estimate of drug-likeness (QED) is 0.792. The minimum Gasteiger partial charge on any atom is -0.492 e. The van der Waals surface area contributed by atoms with Crippen molar-refractivity contribution in [2.24, 2.45) is 0 Å². The van der Waals surface area contributed by atoms with E-state index in [9.17, 15) is 4.79 Å². The highest BCUT2D eigenvalue weighted by atomic mass is 16.7. The summed E-state index contributed by atoms with van der Waals surface area (Å²) in [7, 11) is 0. The minimum atomic E-state index is -0.235. The molecule has 0 aliphatic carbocycles. The second-order valence-corrected chi connectivity index (χ2v) is 5.89. The Kier molecular flexibility index (Phi) is 5.28. The molecule has 25 heavy (non-hydrogen) atoms. The van der Waals surface area contributed by atoms with Gasteiger partial charge in [0, 0.05) is 6.54 Å². The number of carbonyl (C=O) groups excluding carboxylic acids is 1. The normalized spacial score (nSPS) is 11.9. The Morgan fingerprint density at radius 3 is 2.72 bits per heavy atom. The Hall–Kier alpha value is -2.89. The molecule has 1 aliphatic rings. The number of ether oxygens (including phenoxy) is 3. The Balaban J connectivity index is 1.36. The van der Waals surface area contributed by atoms with Crippen molar-refractivity contribution in [2.75, 3.05) is 19.9 Å². The Labute approximate surface area is 147 Å². The van der Waals surface area contributed by atoms with Crippen LogP contribution >= 0.6 is 0 Å². The van der Waals surface area contributed by atoms with E-state index in [4.69, 9.17) is 14.2 Å². The van der Waals surface area contributed by atoms with Crippen molar-refractivity contribution in [3.05, 3.63) is 53.1 Å². The van der Waals surface area contributed by atoms with Crippen molar-refractivity contribution in [3.8, 4) is 17.2 Å². The third-order valence-electron chi connectivity index (χ3n) is 4.02. The molecule has 0 unspecified atom stereocenters. The van der Waals surface area contributed by atoms with Gasteiger partial charge < -0.3 is 24.8 Å². The monoisotopic (exact) mass is 342 g/mol. The standard InChI is InChI=1S/C19H22N2O4/c1-13-3-5-16(9-14(13)2)23-8-7-20-19(22)21-11-15-4-6-17-18(10-15)25-12-24-17/h3-6,9-10H,7-8,11-12H2,1-2H3,(H2,20,21,22). The molecule has 132 valence electrons. The van der Waals surface area contributed by atoms with Crippen LogP contribution in [0.15, 0.2) is 36.4 Å². The van der Waals surface area contributed by atoms with Gasteiger partial charge in [-0.05, 0) is 54.8 Å². The van der Waals surface area contributed by atoms with E-state index in [1.165, 1.54) is 11.1 Å². The highest BCUT2D eigenvalue weighted by Gasteiger charge is 2.13. The van der Waals surface area contributed by atoms with Crippen LogP contribution in [-0.4, -0.2) is 26.0 Å². The van der Waals surface area contributed by atoms with E-state index in [0.29, 0.717) is 25.4 Å². The number of hydrogen-bond acceptors (Lipinski definition) is 4. The van der Waals surface area contributed by atoms with Gasteiger partial charge >= 0.3 is 6.03 Å². The fraction of sp³-hybridized carbons (Fsp3) is 0.316. The van der Waals surface area contributed by atoms with Gasteiger partial charge in [0.05, 0.1) is 6.54 Å². The second-order valence-electron chi connectivity index (χ2n) is 5.89. The maximum atomic E-state index is 11.8. The SMILES string of the molecule is Cc1ccc(OCCNC(=O)NCc2ccc3c(c2)OCO3)cc1C. The second kappa shape index (κ2) is 7.79. The third-order valence-corrected chi connectivity index (χ3v) is 4.02. The molecule has 2 aromatic rings. The number of benzene rings is 2. The van der Waals surface area contributed by atoms with Crippen LogP contribution in [0.4, 0.5) is 4.79 Å². The van der Waals surface area contributed by atoms with Crippen molar-refractivity contribution in [3.63, 3.8) is 0 Å². The topological polar surface area (TPSA) is 68.8 Å². The molecule has 2 aromatic carbocycles. The first-order chi connectivity index (χ1) is 12.1. The minimum absolute atomic E-state index is 0.235. The first-order valence-corrected chi connectivity index (χ1v) is 8.22. The fourth-order valence-electron chi connectivity index (χ4n) is 2.43. The van der Waals surface area contributed by atoms with Crippen LogP contribution in [0.2, 0.25) is 0 Å². The van der Waals surface area contributed by atoms with Gasteiger partial charge in [-0.15, -0.1) is 0 Å². The average molecular weight is 342 g/mol. The van der Waals surface area contributed by atoms with Crippen LogP contribution in [0, 0.1) is 13.8 Å². The summed E-state index contributed by atoms with van der Waals surface area (Å²) in [4.78, 5) is 11.8. The molecular formula is C19H22N2O4. The summed E-state index contributed by atoms with van der Waals surface area (Å²) in [6.07, 6.45) is 0. The third kappa shape index (κ3) is 4.56. The van der Waals surface area contributed by atoms with Crippen LogP contribution in [0.5, 0.6) is 17.2 Å². The number of carbonyl (C=O) groups is 1. The summed E-state index contributed by atoms with van der Waals surface area (Å²) in [6, 6.07) is 11.3. The first-order valence-electron chi connectivity index (χ1n) is 8.22. The van der Waals surface area contributed by atoms with Crippen LogP contribution in [0.3, 0.4) is 0 Å². The van der Waals surface area contributed by atoms with Crippen LogP contribution in [0.1, 0.15) is 16.7 Å². The van der Waals surface area contributed by atoms with E-state index in [2.05, 4.69) is 17.6 Å². The summed E-state index contributed by atoms with van der Waals surface area (Å²) >= 11 is 0. The molecule has 2 N–H and O–H groups in total. The molecule has 3 rings (SSSR count). The lowest BCUT2D eigenvalue weighted by atomic mass is 10.1. The van der Waals surface area contributed by atoms with Gasteiger partial charge in [0.1, 0.15) is 12.4 Å². The molecule has 0 bridgehead atoms. The van der Waals surface area contributed by atoms with E-state index in [1.807, 2.05) is 43.3 Å². The maximum absolute atomic E-state index is 11.8. The number of rotatable bonds is 6. The number of nitrogens with one attached hydrogen (secondary N) is 2. The van der Waals surface area contributed by atoms with Crippen molar-refractivity contribution in [1.29, 1.82) is 0 Å². The van der Waals surface area contributed by atoms with Gasteiger partial charge in [-0.3, -0.25) is 0 Å². The number of fused-ring (bicyclic) bond motifs is 1. The van der Waals surface area contributed by atoms with Crippen LogP contribution in [0.25, 0.3) is 0 Å². The van der Waals surface area contributed by atoms with Crippen molar-refractivity contribution >= 4 is 6.03 Å². The number of aryl methyl sites for hydroxylation is 2. The van der Waals surface area contributed by atoms with Gasteiger partial charge in [-0.2, -0.15) is 0 Å². The molecule has 0 fully saturated rings. The Morgan fingerprint density at radius 2 is 1.88 bits per heavy atom. The molecule has 0 spiro atoms. The van der Waals surface area contributed by atoms with E-state index in [-0.39, 0.29) is 12.8 Å². The molecule has 0 atom stereocenters. The van der Waals surface area contributed by atoms with Crippen molar-refractivity contribution < 1.29 is 19.0 Å². The fourth-order valence-corrected chi connectivity index (χ4v) is 2.43. The molecule has 0 saturated heterocycles. The molecule has 2 amide bonds. The molecule has 0 radical (unpaired) electrons. The zero-order valence-electron chi connectivity index (χ0n) is 14.4. The predicted molar refractivity (Wildman–Crippen MR) is 94.2 cm³/mol. The van der Waals surface area contributed by atoms with Crippen molar-refractivity contribution in [1.82, 2.24) is 10.6 Å². The highest BCUT2D eigenvalue weighted by Crippen LogP contribution is 2.32. The van der Waals surface area contributed by atoms with E-state index in [0.717, 1.165) is 17.1 Å². The summed E-state index contributed by atoms with van der Waals surface area (Å²) in [5.74, 6) is 2.25. The lowest BCUT2D eigenvalue weighted by molar-refractivity contribution is 0.174. The number of urea groups is 1. The van der Waals surface area contributed by atoms with Gasteiger partial charge in [-0.1, -0.05) is 12.1 Å². The Morgan fingerprint density at radius 1 is 1.04 bits per heavy atom. The zero-order chi connectivity index (χ0) is 17.6. The molecule has 1 heterocycles. The van der Waals surface area contributed by atoms with Gasteiger partial charge in [0.25, 0.3) is 0 Å². The summed E-state index contributed by atoms with van der Waals surface area (Å²) < 4.78 is 16.2. The summed E-state index contributed by atoms with van der Waals surface area (Å²) in [5.41, 5.74) is 3.37. The van der Waals surface area contributed by atoms with E-state index >= 15 is 0 Å². The smallest absolute Gasteiger partial charge is 0.315 e. The van der Waals surface area contributed by atoms with E-state index < -0.39 is 0 Å². The predicted octanol–water partition coefficient (Wildman–Crippen LogP) is 2.91. The summed E-state index contributed by atoms with van der Waals surface area (Å²) in [5, 5.41) is 5.57. The van der Waals surface area contributed by atoms with Gasteiger partial charge in [0.15, 0.2) is 11.5 Å². The average Bonchev–Trinajstić information content (AvgIpc) is 3.07. The number of hydrogen-bond donors (Lipinski definition) is 2. The largest absolute Gasteiger partial charge is 0.492 e. The molecule has 6 nitrogen and oxygen atoms in total. The van der Waals surface area contributed by atoms with E-state index in [1.54, 1.807) is 0 Å². The molecule has 0 aromatic heterocycles.